The Balaban J connectivity index is 1.92. The normalized spacial score (nSPS) is 15.5. The Kier molecular flexibility index (Phi) is 13.8. The lowest BCUT2D eigenvalue weighted by Crippen LogP contribution is -2.16. The second-order valence-electron chi connectivity index (χ2n) is 9.11. The van der Waals surface area contributed by atoms with E-state index in [1.54, 1.807) is 12.1 Å². The van der Waals surface area contributed by atoms with Gasteiger partial charge in [-0.3, -0.25) is 0 Å². The Labute approximate surface area is 200 Å². The van der Waals surface area contributed by atoms with Crippen LogP contribution in [0.4, 0.5) is 0 Å². The molecule has 1 heterocycles. The summed E-state index contributed by atoms with van der Waals surface area (Å²) in [6.07, 6.45) is 15.4. The molecule has 33 heavy (non-hydrogen) atoms. The van der Waals surface area contributed by atoms with Gasteiger partial charge in [-0.25, -0.2) is 9.59 Å². The van der Waals surface area contributed by atoms with Crippen LogP contribution in [-0.4, -0.2) is 31.8 Å². The van der Waals surface area contributed by atoms with E-state index in [-0.39, 0.29) is 11.7 Å². The maximum Gasteiger partial charge on any atom is 0.339 e. The maximum absolute atomic E-state index is 12.9. The summed E-state index contributed by atoms with van der Waals surface area (Å²) in [6, 6.07) is 5.34. The van der Waals surface area contributed by atoms with Crippen molar-refractivity contribution in [1.29, 1.82) is 0 Å². The van der Waals surface area contributed by atoms with Crippen LogP contribution in [0.5, 0.6) is 0 Å². The molecule has 1 aliphatic heterocycles. The molecule has 5 heteroatoms. The molecule has 1 fully saturated rings. The van der Waals surface area contributed by atoms with Gasteiger partial charge in [0.15, 0.2) is 0 Å². The van der Waals surface area contributed by atoms with Gasteiger partial charge in [-0.15, -0.1) is 0 Å². The van der Waals surface area contributed by atoms with E-state index in [4.69, 9.17) is 14.2 Å². The second-order valence-corrected chi connectivity index (χ2v) is 9.11. The number of hydrogen-bond donors (Lipinski definition) is 0. The van der Waals surface area contributed by atoms with Crippen LogP contribution < -0.4 is 0 Å². The predicted molar refractivity (Wildman–Crippen MR) is 132 cm³/mol. The van der Waals surface area contributed by atoms with E-state index in [0.717, 1.165) is 63.5 Å². The molecule has 0 radical (unpaired) electrons. The zero-order chi connectivity index (χ0) is 23.7. The molecule has 0 amide bonds. The van der Waals surface area contributed by atoms with Crippen LogP contribution in [0.1, 0.15) is 136 Å². The molecule has 0 bridgehead atoms. The SMILES string of the molecule is CCCCCCCCOC(=O)c1ccc(C2CCCO2)cc1C(=O)OCCCCCCCC. The number of carbonyl (C=O) groups is 2. The van der Waals surface area contributed by atoms with Crippen molar-refractivity contribution in [3.05, 3.63) is 34.9 Å². The monoisotopic (exact) mass is 460 g/mol. The first-order valence-corrected chi connectivity index (χ1v) is 13.3. The van der Waals surface area contributed by atoms with E-state index in [1.165, 1.54) is 38.5 Å². The number of carbonyl (C=O) groups excluding carboxylic acids is 2. The highest BCUT2D eigenvalue weighted by Gasteiger charge is 2.24. The van der Waals surface area contributed by atoms with E-state index in [9.17, 15) is 9.59 Å². The van der Waals surface area contributed by atoms with Gasteiger partial charge in [0.2, 0.25) is 0 Å². The highest BCUT2D eigenvalue weighted by atomic mass is 16.5. The standard InChI is InChI=1S/C28H44O5/c1-3-5-7-9-11-13-19-32-27(29)24-18-17-23(26-16-15-21-31-26)22-25(24)28(30)33-20-14-12-10-8-6-4-2/h17-18,22,26H,3-16,19-21H2,1-2H3. The number of ether oxygens (including phenoxy) is 3. The summed E-state index contributed by atoms with van der Waals surface area (Å²) in [4.78, 5) is 25.6. The minimum absolute atomic E-state index is 0.0247. The van der Waals surface area contributed by atoms with Crippen molar-refractivity contribution >= 4 is 11.9 Å². The van der Waals surface area contributed by atoms with Crippen molar-refractivity contribution in [1.82, 2.24) is 0 Å². The molecule has 1 aliphatic rings. The summed E-state index contributed by atoms with van der Waals surface area (Å²) >= 11 is 0. The summed E-state index contributed by atoms with van der Waals surface area (Å²) in [5, 5.41) is 0. The Morgan fingerprint density at radius 3 is 1.88 bits per heavy atom. The molecule has 1 aromatic rings. The Morgan fingerprint density at radius 1 is 0.788 bits per heavy atom. The highest BCUT2D eigenvalue weighted by molar-refractivity contribution is 6.03. The first kappa shape index (κ1) is 27.4. The number of hydrogen-bond acceptors (Lipinski definition) is 5. The van der Waals surface area contributed by atoms with Gasteiger partial charge in [-0.2, -0.15) is 0 Å². The molecule has 0 saturated carbocycles. The van der Waals surface area contributed by atoms with Crippen LogP contribution in [0, 0.1) is 0 Å². The van der Waals surface area contributed by atoms with Crippen LogP contribution >= 0.6 is 0 Å². The average molecular weight is 461 g/mol. The average Bonchev–Trinajstić information content (AvgIpc) is 3.37. The number of unbranched alkanes of at least 4 members (excludes halogenated alkanes) is 10. The minimum atomic E-state index is -0.450. The highest BCUT2D eigenvalue weighted by Crippen LogP contribution is 2.30. The lowest BCUT2D eigenvalue weighted by atomic mass is 9.99. The summed E-state index contributed by atoms with van der Waals surface area (Å²) in [5.74, 6) is -0.899. The molecule has 1 aromatic carbocycles. The zero-order valence-corrected chi connectivity index (χ0v) is 20.9. The fraction of sp³-hybridized carbons (Fsp3) is 0.714. The van der Waals surface area contributed by atoms with Gasteiger partial charge < -0.3 is 14.2 Å². The first-order chi connectivity index (χ1) is 16.2. The van der Waals surface area contributed by atoms with Gasteiger partial charge in [0.05, 0.1) is 30.4 Å². The van der Waals surface area contributed by atoms with Crippen molar-refractivity contribution in [2.45, 2.75) is 110 Å². The van der Waals surface area contributed by atoms with Gasteiger partial charge in [0.25, 0.3) is 0 Å². The van der Waals surface area contributed by atoms with Crippen molar-refractivity contribution in [2.24, 2.45) is 0 Å². The lowest BCUT2D eigenvalue weighted by Gasteiger charge is -2.14. The van der Waals surface area contributed by atoms with E-state index in [1.807, 2.05) is 6.07 Å². The summed E-state index contributed by atoms with van der Waals surface area (Å²) < 4.78 is 16.8. The molecule has 0 N–H and O–H groups in total. The van der Waals surface area contributed by atoms with E-state index in [0.29, 0.717) is 18.8 Å². The van der Waals surface area contributed by atoms with Gasteiger partial charge in [-0.05, 0) is 43.4 Å². The lowest BCUT2D eigenvalue weighted by molar-refractivity contribution is 0.0449. The van der Waals surface area contributed by atoms with Crippen LogP contribution in [0.2, 0.25) is 0 Å². The summed E-state index contributed by atoms with van der Waals surface area (Å²) in [5.41, 5.74) is 1.50. The second kappa shape index (κ2) is 16.7. The largest absolute Gasteiger partial charge is 0.462 e. The van der Waals surface area contributed by atoms with Gasteiger partial charge in [0, 0.05) is 6.61 Å². The third-order valence-corrected chi connectivity index (χ3v) is 6.25. The molecule has 1 saturated heterocycles. The van der Waals surface area contributed by atoms with Crippen LogP contribution in [0.15, 0.2) is 18.2 Å². The molecule has 5 nitrogen and oxygen atoms in total. The molecule has 186 valence electrons. The van der Waals surface area contributed by atoms with Gasteiger partial charge >= 0.3 is 11.9 Å². The number of esters is 2. The third-order valence-electron chi connectivity index (χ3n) is 6.25. The summed E-state index contributed by atoms with van der Waals surface area (Å²) in [7, 11) is 0. The predicted octanol–water partition coefficient (Wildman–Crippen LogP) is 7.57. The van der Waals surface area contributed by atoms with E-state index < -0.39 is 11.9 Å². The van der Waals surface area contributed by atoms with E-state index in [2.05, 4.69) is 13.8 Å². The quantitative estimate of drug-likeness (QED) is 0.177. The molecular weight excluding hydrogens is 416 g/mol. The van der Waals surface area contributed by atoms with Crippen LogP contribution in [0.3, 0.4) is 0 Å². The Hall–Kier alpha value is -1.88. The number of benzene rings is 1. The van der Waals surface area contributed by atoms with E-state index >= 15 is 0 Å². The topological polar surface area (TPSA) is 61.8 Å². The molecule has 0 spiro atoms. The first-order valence-electron chi connectivity index (χ1n) is 13.3. The number of rotatable bonds is 17. The van der Waals surface area contributed by atoms with Crippen molar-refractivity contribution in [3.8, 4) is 0 Å². The zero-order valence-electron chi connectivity index (χ0n) is 20.9. The van der Waals surface area contributed by atoms with Gasteiger partial charge in [-0.1, -0.05) is 84.1 Å². The van der Waals surface area contributed by atoms with Crippen molar-refractivity contribution in [2.75, 3.05) is 19.8 Å². The molecule has 0 aromatic heterocycles. The van der Waals surface area contributed by atoms with Gasteiger partial charge in [0.1, 0.15) is 0 Å². The van der Waals surface area contributed by atoms with Crippen molar-refractivity contribution < 1.29 is 23.8 Å². The van der Waals surface area contributed by atoms with Crippen LogP contribution in [-0.2, 0) is 14.2 Å². The third kappa shape index (κ3) is 10.3. The molecule has 1 atom stereocenters. The minimum Gasteiger partial charge on any atom is -0.462 e. The summed E-state index contributed by atoms with van der Waals surface area (Å²) in [6.45, 7) is 5.88. The molecule has 2 rings (SSSR count). The fourth-order valence-corrected chi connectivity index (χ4v) is 4.20. The van der Waals surface area contributed by atoms with Crippen molar-refractivity contribution in [3.63, 3.8) is 0 Å². The molecule has 1 unspecified atom stereocenters. The fourth-order valence-electron chi connectivity index (χ4n) is 4.20. The van der Waals surface area contributed by atoms with Crippen LogP contribution in [0.25, 0.3) is 0 Å². The Bertz CT molecular complexity index is 694. The smallest absolute Gasteiger partial charge is 0.339 e. The molecule has 0 aliphatic carbocycles. The molecular formula is C28H44O5. The Morgan fingerprint density at radius 2 is 1.33 bits per heavy atom. The maximum atomic E-state index is 12.9.